The minimum atomic E-state index is -0.255. The second-order valence-electron chi connectivity index (χ2n) is 7.64. The third-order valence-electron chi connectivity index (χ3n) is 5.88. The van der Waals surface area contributed by atoms with Gasteiger partial charge in [-0.1, -0.05) is 25.1 Å². The monoisotopic (exact) mass is 346 g/mol. The summed E-state index contributed by atoms with van der Waals surface area (Å²) in [4.78, 5) is 6.99. The molecule has 1 aromatic carbocycles. The van der Waals surface area contributed by atoms with E-state index in [2.05, 4.69) is 83.1 Å². The van der Waals surface area contributed by atoms with Crippen molar-refractivity contribution < 1.29 is 4.42 Å². The number of allylic oxidation sites excluding steroid dienone is 2. The van der Waals surface area contributed by atoms with Crippen LogP contribution in [0.25, 0.3) is 22.1 Å². The lowest BCUT2D eigenvalue weighted by Gasteiger charge is -2.41. The largest absolute Gasteiger partial charge is 0.437 e. The summed E-state index contributed by atoms with van der Waals surface area (Å²) in [6.07, 6.45) is 5.48. The molecule has 0 spiro atoms. The summed E-state index contributed by atoms with van der Waals surface area (Å²) in [5.74, 6) is 0. The number of hydrogen-bond donors (Lipinski definition) is 0. The zero-order chi connectivity index (χ0) is 18.6. The highest BCUT2D eigenvalue weighted by molar-refractivity contribution is 6.05. The highest BCUT2D eigenvalue weighted by Gasteiger charge is 2.35. The Morgan fingerprint density at radius 3 is 2.50 bits per heavy atom. The van der Waals surface area contributed by atoms with Gasteiger partial charge in [-0.2, -0.15) is 0 Å². The second-order valence-corrected chi connectivity index (χ2v) is 7.64. The first-order valence-corrected chi connectivity index (χ1v) is 9.28. The van der Waals surface area contributed by atoms with Gasteiger partial charge >= 0.3 is 0 Å². The average Bonchev–Trinajstić information content (AvgIpc) is 2.96. The number of fused-ring (bicyclic) bond motifs is 3. The number of likely N-dealkylation sites (N-methyl/N-ethyl adjacent to an activating group) is 1. The fourth-order valence-electron chi connectivity index (χ4n) is 4.10. The van der Waals surface area contributed by atoms with Crippen molar-refractivity contribution in [3.05, 3.63) is 64.5 Å². The molecular weight excluding hydrogens is 320 g/mol. The van der Waals surface area contributed by atoms with Crippen molar-refractivity contribution in [2.24, 2.45) is 0 Å². The smallest absolute Gasteiger partial charge is 0.227 e. The number of nitrogens with zero attached hydrogens (tertiary/aromatic N) is 2. The van der Waals surface area contributed by atoms with E-state index in [1.165, 1.54) is 22.3 Å². The van der Waals surface area contributed by atoms with E-state index in [1.54, 1.807) is 0 Å². The van der Waals surface area contributed by atoms with Crippen molar-refractivity contribution in [3.63, 3.8) is 0 Å². The quantitative estimate of drug-likeness (QED) is 0.582. The van der Waals surface area contributed by atoms with Gasteiger partial charge in [0.2, 0.25) is 5.71 Å². The molecule has 0 fully saturated rings. The maximum Gasteiger partial charge on any atom is 0.227 e. The van der Waals surface area contributed by atoms with Gasteiger partial charge in [0.15, 0.2) is 0 Å². The van der Waals surface area contributed by atoms with Crippen LogP contribution in [0.15, 0.2) is 52.1 Å². The molecule has 1 atom stereocenters. The Balaban J connectivity index is 2.05. The first-order valence-electron chi connectivity index (χ1n) is 9.28. The number of furan rings is 1. The van der Waals surface area contributed by atoms with Crippen molar-refractivity contribution in [3.8, 4) is 0 Å². The summed E-state index contributed by atoms with van der Waals surface area (Å²) in [7, 11) is 2.14. The molecule has 3 aromatic rings. The van der Waals surface area contributed by atoms with E-state index in [1.807, 2.05) is 0 Å². The lowest BCUT2D eigenvalue weighted by Crippen LogP contribution is -2.39. The highest BCUT2D eigenvalue weighted by Crippen LogP contribution is 2.43. The summed E-state index contributed by atoms with van der Waals surface area (Å²) in [6, 6.07) is 8.61. The summed E-state index contributed by atoms with van der Waals surface area (Å²) in [5.41, 5.74) is 7.56. The Labute approximate surface area is 155 Å². The first-order chi connectivity index (χ1) is 12.3. The molecule has 0 bridgehead atoms. The molecule has 2 aromatic heterocycles. The average molecular weight is 346 g/mol. The number of aryl methyl sites for hydroxylation is 2. The molecule has 3 heteroatoms. The molecule has 3 heterocycles. The van der Waals surface area contributed by atoms with Gasteiger partial charge in [-0.25, -0.2) is 4.98 Å². The zero-order valence-electron chi connectivity index (χ0n) is 16.5. The summed E-state index contributed by atoms with van der Waals surface area (Å²) >= 11 is 0. The van der Waals surface area contributed by atoms with Crippen molar-refractivity contribution in [1.29, 1.82) is 0 Å². The molecule has 4 rings (SSSR count). The van der Waals surface area contributed by atoms with Crippen molar-refractivity contribution in [2.75, 3.05) is 7.05 Å². The minimum absolute atomic E-state index is 0.255. The Kier molecular flexibility index (Phi) is 3.72. The number of aromatic nitrogens is 1. The van der Waals surface area contributed by atoms with Crippen molar-refractivity contribution in [1.82, 2.24) is 9.88 Å². The van der Waals surface area contributed by atoms with Crippen LogP contribution >= 0.6 is 0 Å². The van der Waals surface area contributed by atoms with E-state index in [0.717, 1.165) is 34.2 Å². The van der Waals surface area contributed by atoms with E-state index in [9.17, 15) is 0 Å². The van der Waals surface area contributed by atoms with E-state index < -0.39 is 0 Å². The second kappa shape index (κ2) is 5.73. The maximum absolute atomic E-state index is 6.35. The van der Waals surface area contributed by atoms with Crippen LogP contribution in [0.5, 0.6) is 0 Å². The molecule has 0 N–H and O–H groups in total. The molecule has 1 aliphatic rings. The van der Waals surface area contributed by atoms with Crippen LogP contribution < -0.4 is 0 Å². The highest BCUT2D eigenvalue weighted by atomic mass is 16.3. The maximum atomic E-state index is 6.35. The van der Waals surface area contributed by atoms with Crippen LogP contribution in [0.1, 0.15) is 44.5 Å². The Morgan fingerprint density at radius 2 is 1.77 bits per heavy atom. The van der Waals surface area contributed by atoms with E-state index >= 15 is 0 Å². The Hall–Kier alpha value is -2.55. The van der Waals surface area contributed by atoms with E-state index in [-0.39, 0.29) is 5.54 Å². The number of rotatable bonds is 2. The topological polar surface area (TPSA) is 29.3 Å². The standard InChI is InChI=1S/C23H26N2O/c1-7-17-9-11-19-18-10-8-14(2)20(21(18)26-22(19)24-17)23(5)12-15(3)16(4)13-25(23)6/h8-13H,7H2,1-6H3. The van der Waals surface area contributed by atoms with Crippen molar-refractivity contribution >= 4 is 22.1 Å². The predicted octanol–water partition coefficient (Wildman–Crippen LogP) is 5.86. The van der Waals surface area contributed by atoms with Crippen LogP contribution in [0.4, 0.5) is 0 Å². The molecule has 26 heavy (non-hydrogen) atoms. The molecule has 134 valence electrons. The van der Waals surface area contributed by atoms with Gasteiger partial charge in [-0.15, -0.1) is 0 Å². The van der Waals surface area contributed by atoms with Crippen LogP contribution in [-0.4, -0.2) is 16.9 Å². The van der Waals surface area contributed by atoms with Gasteiger partial charge in [0, 0.05) is 35.3 Å². The van der Waals surface area contributed by atoms with Crippen molar-refractivity contribution in [2.45, 2.75) is 46.6 Å². The Bertz CT molecular complexity index is 1090. The summed E-state index contributed by atoms with van der Waals surface area (Å²) < 4.78 is 6.35. The van der Waals surface area contributed by atoms with Crippen LogP contribution in [0, 0.1) is 6.92 Å². The number of benzene rings is 1. The lowest BCUT2D eigenvalue weighted by atomic mass is 9.82. The number of hydrogen-bond acceptors (Lipinski definition) is 3. The predicted molar refractivity (Wildman–Crippen MR) is 108 cm³/mol. The van der Waals surface area contributed by atoms with Crippen LogP contribution in [-0.2, 0) is 12.0 Å². The third-order valence-corrected chi connectivity index (χ3v) is 5.88. The number of pyridine rings is 1. The minimum Gasteiger partial charge on any atom is -0.437 e. The third kappa shape index (κ3) is 2.30. The van der Waals surface area contributed by atoms with Gasteiger partial charge in [0.1, 0.15) is 5.58 Å². The normalized spacial score (nSPS) is 20.6. The lowest BCUT2D eigenvalue weighted by molar-refractivity contribution is 0.256. The van der Waals surface area contributed by atoms with Gasteiger partial charge < -0.3 is 9.32 Å². The molecule has 0 radical (unpaired) electrons. The van der Waals surface area contributed by atoms with Gasteiger partial charge in [0.05, 0.1) is 5.54 Å². The molecule has 1 unspecified atom stereocenters. The zero-order valence-corrected chi connectivity index (χ0v) is 16.5. The van der Waals surface area contributed by atoms with Crippen LogP contribution in [0.3, 0.4) is 0 Å². The van der Waals surface area contributed by atoms with E-state index in [0.29, 0.717) is 0 Å². The summed E-state index contributed by atoms with van der Waals surface area (Å²) in [5, 5.41) is 2.23. The molecule has 1 aliphatic heterocycles. The van der Waals surface area contributed by atoms with Gasteiger partial charge in [-0.05, 0) is 63.0 Å². The molecule has 3 nitrogen and oxygen atoms in total. The fraction of sp³-hybridized carbons (Fsp3) is 0.348. The fourth-order valence-corrected chi connectivity index (χ4v) is 4.10. The Morgan fingerprint density at radius 1 is 1.04 bits per heavy atom. The van der Waals surface area contributed by atoms with Crippen LogP contribution in [0.2, 0.25) is 0 Å². The molecular formula is C23H26N2O. The van der Waals surface area contributed by atoms with Gasteiger partial charge in [0.25, 0.3) is 0 Å². The molecule has 0 saturated heterocycles. The molecule has 0 saturated carbocycles. The molecule has 0 amide bonds. The SMILES string of the molecule is CCc1ccc2c(n1)oc1c(C3(C)C=C(C)C(C)=CN3C)c(C)ccc12. The molecule has 0 aliphatic carbocycles. The van der Waals surface area contributed by atoms with Gasteiger partial charge in [-0.3, -0.25) is 0 Å². The first kappa shape index (κ1) is 16.9. The van der Waals surface area contributed by atoms with E-state index in [4.69, 9.17) is 9.40 Å². The summed E-state index contributed by atoms with van der Waals surface area (Å²) in [6.45, 7) is 10.9.